The fourth-order valence-corrected chi connectivity index (χ4v) is 2.99. The summed E-state index contributed by atoms with van der Waals surface area (Å²) in [5.41, 5.74) is 0.391. The third-order valence-corrected chi connectivity index (χ3v) is 4.24. The molecule has 1 N–H and O–H groups in total. The van der Waals surface area contributed by atoms with Gasteiger partial charge < -0.3 is 4.74 Å². The van der Waals surface area contributed by atoms with Gasteiger partial charge >= 0.3 is 11.7 Å². The first kappa shape index (κ1) is 16.7. The first-order chi connectivity index (χ1) is 12.0. The monoisotopic (exact) mass is 359 g/mol. The van der Waals surface area contributed by atoms with Gasteiger partial charge in [-0.25, -0.2) is 19.0 Å². The van der Waals surface area contributed by atoms with E-state index in [4.69, 9.17) is 5.26 Å². The Morgan fingerprint density at radius 2 is 2.32 bits per heavy atom. The van der Waals surface area contributed by atoms with Crippen molar-refractivity contribution in [3.8, 4) is 6.07 Å². The van der Waals surface area contributed by atoms with E-state index in [1.165, 1.54) is 25.4 Å². The van der Waals surface area contributed by atoms with Gasteiger partial charge in [0.1, 0.15) is 17.4 Å². The lowest BCUT2D eigenvalue weighted by atomic mass is 10.1. The molecule has 0 radical (unpaired) electrons. The molecule has 0 amide bonds. The predicted octanol–water partition coefficient (Wildman–Crippen LogP) is 1.51. The Morgan fingerprint density at radius 1 is 1.52 bits per heavy atom. The van der Waals surface area contributed by atoms with Crippen molar-refractivity contribution in [2.45, 2.75) is 10.9 Å². The Morgan fingerprint density at radius 3 is 3.04 bits per heavy atom. The highest BCUT2D eigenvalue weighted by Crippen LogP contribution is 2.23. The van der Waals surface area contributed by atoms with Gasteiger partial charge in [-0.1, -0.05) is 17.8 Å². The molecule has 3 rings (SSSR count). The third kappa shape index (κ3) is 3.22. The largest absolute Gasteiger partial charge is 0.465 e. The highest BCUT2D eigenvalue weighted by Gasteiger charge is 2.15. The first-order valence-corrected chi connectivity index (χ1v) is 7.89. The van der Waals surface area contributed by atoms with Gasteiger partial charge in [0, 0.05) is 5.75 Å². The van der Waals surface area contributed by atoms with E-state index in [9.17, 15) is 14.0 Å². The van der Waals surface area contributed by atoms with E-state index < -0.39 is 17.5 Å². The summed E-state index contributed by atoms with van der Waals surface area (Å²) in [5, 5.41) is 13.0. The molecule has 0 aliphatic heterocycles. The van der Waals surface area contributed by atoms with E-state index in [-0.39, 0.29) is 27.7 Å². The molecule has 10 heteroatoms. The average molecular weight is 359 g/mol. The van der Waals surface area contributed by atoms with Gasteiger partial charge in [0.05, 0.1) is 18.9 Å². The fourth-order valence-electron chi connectivity index (χ4n) is 2.13. The second kappa shape index (κ2) is 6.74. The number of esters is 1. The number of halogens is 1. The number of benzene rings is 1. The number of carbonyl (C=O) groups is 1. The molecule has 3 aromatic rings. The summed E-state index contributed by atoms with van der Waals surface area (Å²) in [5.74, 6) is -0.977. The van der Waals surface area contributed by atoms with Crippen LogP contribution >= 0.6 is 11.8 Å². The van der Waals surface area contributed by atoms with Gasteiger partial charge in [-0.15, -0.1) is 0 Å². The predicted molar refractivity (Wildman–Crippen MR) is 85.6 cm³/mol. The van der Waals surface area contributed by atoms with E-state index in [2.05, 4.69) is 19.8 Å². The van der Waals surface area contributed by atoms with E-state index >= 15 is 0 Å². The lowest BCUT2D eigenvalue weighted by Gasteiger charge is -2.07. The van der Waals surface area contributed by atoms with Crippen LogP contribution in [0.4, 0.5) is 4.39 Å². The molecule has 0 fully saturated rings. The van der Waals surface area contributed by atoms with Crippen LogP contribution < -0.4 is 5.69 Å². The molecular formula is C15H10FN5O3S. The normalized spacial score (nSPS) is 10.6. The summed E-state index contributed by atoms with van der Waals surface area (Å²) in [4.78, 5) is 30.4. The van der Waals surface area contributed by atoms with Gasteiger partial charge in [0.15, 0.2) is 10.8 Å². The molecule has 8 nitrogen and oxygen atoms in total. The molecule has 0 saturated heterocycles. The van der Waals surface area contributed by atoms with Crippen LogP contribution in [0.25, 0.3) is 5.65 Å². The van der Waals surface area contributed by atoms with Crippen molar-refractivity contribution in [2.75, 3.05) is 7.11 Å². The minimum atomic E-state index is -0.658. The number of methoxy groups -OCH3 is 1. The molecule has 0 aliphatic rings. The third-order valence-electron chi connectivity index (χ3n) is 3.32. The number of thioether (sulfide) groups is 1. The fraction of sp³-hybridized carbons (Fsp3) is 0.133. The van der Waals surface area contributed by atoms with Crippen LogP contribution in [0.15, 0.2) is 34.3 Å². The quantitative estimate of drug-likeness (QED) is 0.555. The van der Waals surface area contributed by atoms with Crippen LogP contribution in [-0.2, 0) is 10.5 Å². The standard InChI is InChI=1S/C15H10FN5O3S/c1-24-13(22)11-4-10(16)3-2-8(11)7-25-14-19-12-9(5-17)6-18-21(12)15(23)20-14/h2-4,6H,7H2,1H3,(H,19,20,23). The van der Waals surface area contributed by atoms with Crippen LogP contribution in [0.2, 0.25) is 0 Å². The number of aromatic amines is 1. The number of fused-ring (bicyclic) bond motifs is 1. The van der Waals surface area contributed by atoms with E-state index in [1.807, 2.05) is 6.07 Å². The van der Waals surface area contributed by atoms with Gasteiger partial charge in [0.2, 0.25) is 0 Å². The summed E-state index contributed by atoms with van der Waals surface area (Å²) in [6.45, 7) is 0. The number of hydrogen-bond acceptors (Lipinski definition) is 7. The molecule has 0 unspecified atom stereocenters. The van der Waals surface area contributed by atoms with Crippen molar-refractivity contribution < 1.29 is 13.9 Å². The molecule has 2 aromatic heterocycles. The highest BCUT2D eigenvalue weighted by molar-refractivity contribution is 7.98. The summed E-state index contributed by atoms with van der Waals surface area (Å²) >= 11 is 1.13. The molecule has 0 spiro atoms. The lowest BCUT2D eigenvalue weighted by Crippen LogP contribution is -2.19. The Balaban J connectivity index is 1.92. The number of nitrogens with zero attached hydrogens (tertiary/aromatic N) is 4. The first-order valence-electron chi connectivity index (χ1n) is 6.91. The zero-order valence-electron chi connectivity index (χ0n) is 12.8. The Labute approximate surface area is 144 Å². The molecular weight excluding hydrogens is 349 g/mol. The molecule has 25 heavy (non-hydrogen) atoms. The summed E-state index contributed by atoms with van der Waals surface area (Å²) in [6, 6.07) is 5.69. The number of hydrogen-bond donors (Lipinski definition) is 1. The summed E-state index contributed by atoms with van der Waals surface area (Å²) in [6.07, 6.45) is 1.25. The molecule has 0 saturated carbocycles. The Kier molecular flexibility index (Phi) is 4.49. The zero-order chi connectivity index (χ0) is 18.0. The van der Waals surface area contributed by atoms with Crippen LogP contribution in [0.1, 0.15) is 21.5 Å². The van der Waals surface area contributed by atoms with Gasteiger partial charge in [-0.05, 0) is 17.7 Å². The maximum atomic E-state index is 13.4. The number of carbonyl (C=O) groups excluding carboxylic acids is 1. The maximum absolute atomic E-state index is 13.4. The minimum Gasteiger partial charge on any atom is -0.465 e. The van der Waals surface area contributed by atoms with Crippen molar-refractivity contribution in [3.63, 3.8) is 0 Å². The van der Waals surface area contributed by atoms with E-state index in [0.717, 1.165) is 22.3 Å². The van der Waals surface area contributed by atoms with E-state index in [1.54, 1.807) is 0 Å². The highest BCUT2D eigenvalue weighted by atomic mass is 32.2. The molecule has 0 aliphatic carbocycles. The number of aromatic nitrogens is 4. The second-order valence-electron chi connectivity index (χ2n) is 4.83. The zero-order valence-corrected chi connectivity index (χ0v) is 13.6. The van der Waals surface area contributed by atoms with Gasteiger partial charge in [-0.3, -0.25) is 4.98 Å². The lowest BCUT2D eigenvalue weighted by molar-refractivity contribution is 0.0599. The van der Waals surface area contributed by atoms with Gasteiger partial charge in [0.25, 0.3) is 0 Å². The SMILES string of the molecule is COC(=O)c1cc(F)ccc1CSc1nc2c(C#N)cnn2c(=O)[nH]1. The van der Waals surface area contributed by atoms with Crippen molar-refractivity contribution >= 4 is 23.4 Å². The number of nitriles is 1. The summed E-state index contributed by atoms with van der Waals surface area (Å²) < 4.78 is 19.0. The maximum Gasteiger partial charge on any atom is 0.350 e. The van der Waals surface area contributed by atoms with Crippen molar-refractivity contribution in [3.05, 3.63) is 57.4 Å². The number of rotatable bonds is 4. The summed E-state index contributed by atoms with van der Waals surface area (Å²) in [7, 11) is 1.21. The molecule has 2 heterocycles. The Bertz CT molecular complexity index is 1070. The molecule has 0 atom stereocenters. The van der Waals surface area contributed by atoms with Crippen molar-refractivity contribution in [1.82, 2.24) is 19.6 Å². The minimum absolute atomic E-state index is 0.0977. The molecule has 0 bridgehead atoms. The van der Waals surface area contributed by atoms with E-state index in [0.29, 0.717) is 5.56 Å². The molecule has 126 valence electrons. The number of H-pyrrole nitrogens is 1. The number of nitrogens with one attached hydrogen (secondary N) is 1. The topological polar surface area (TPSA) is 113 Å². The van der Waals surface area contributed by atoms with Crippen LogP contribution in [-0.4, -0.2) is 32.7 Å². The van der Waals surface area contributed by atoms with Crippen LogP contribution in [0.3, 0.4) is 0 Å². The average Bonchev–Trinajstić information content (AvgIpc) is 3.03. The smallest absolute Gasteiger partial charge is 0.350 e. The van der Waals surface area contributed by atoms with Gasteiger partial charge in [-0.2, -0.15) is 14.9 Å². The molecule has 1 aromatic carbocycles. The van der Waals surface area contributed by atoms with Crippen molar-refractivity contribution in [1.29, 1.82) is 5.26 Å². The van der Waals surface area contributed by atoms with Crippen LogP contribution in [0.5, 0.6) is 0 Å². The number of ether oxygens (including phenoxy) is 1. The van der Waals surface area contributed by atoms with Crippen LogP contribution in [0, 0.1) is 17.1 Å². The second-order valence-corrected chi connectivity index (χ2v) is 5.80. The van der Waals surface area contributed by atoms with Crippen molar-refractivity contribution in [2.24, 2.45) is 0 Å². The Hall–Kier alpha value is -3.19.